The number of aliphatic hydroxyl groups is 2. The zero-order chi connectivity index (χ0) is 22.7. The lowest BCUT2D eigenvalue weighted by Crippen LogP contribution is -2.34. The molecule has 1 unspecified atom stereocenters. The van der Waals surface area contributed by atoms with Crippen LogP contribution in [0.2, 0.25) is 0 Å². The third-order valence-electron chi connectivity index (χ3n) is 5.58. The molecule has 1 atom stereocenters. The molecule has 7 heteroatoms. The molecule has 0 radical (unpaired) electrons. The quantitative estimate of drug-likeness (QED) is 0.382. The third-order valence-corrected chi connectivity index (χ3v) is 5.58. The maximum Gasteiger partial charge on any atom is 0.251 e. The van der Waals surface area contributed by atoms with Crippen LogP contribution < -0.4 is 16.4 Å². The first-order chi connectivity index (χ1) is 15.5. The van der Waals surface area contributed by atoms with Gasteiger partial charge in [0.15, 0.2) is 5.78 Å². The molecule has 1 aliphatic rings. The second-order valence-corrected chi connectivity index (χ2v) is 7.83. The number of benzene rings is 3. The first-order valence-corrected chi connectivity index (χ1v) is 10.5. The van der Waals surface area contributed by atoms with Crippen LogP contribution in [0.5, 0.6) is 0 Å². The molecular weight excluding hydrogens is 406 g/mol. The van der Waals surface area contributed by atoms with Crippen molar-refractivity contribution in [3.8, 4) is 0 Å². The molecular formula is C25H25N3O4. The lowest BCUT2D eigenvalue weighted by molar-refractivity contribution is 0.0802. The lowest BCUT2D eigenvalue weighted by atomic mass is 9.96. The molecule has 0 spiro atoms. The highest BCUT2D eigenvalue weighted by Gasteiger charge is 2.23. The smallest absolute Gasteiger partial charge is 0.251 e. The van der Waals surface area contributed by atoms with E-state index in [0.717, 1.165) is 22.5 Å². The standard InChI is InChI=1S/C25H25N3O4/c26-22-3-1-2-4-23(22)28-18-9-10-20-16(11-18)7-5-15-6-8-17(12-21(15)24(20)31)25(32)27-13-19(30)14-29/h1-4,6,8-12,19,28-30H,5,7,13-14,26H2,(H,27,32). The second-order valence-electron chi connectivity index (χ2n) is 7.83. The first kappa shape index (κ1) is 21.5. The normalized spacial score (nSPS) is 13.5. The number of carbonyl (C=O) groups is 2. The van der Waals surface area contributed by atoms with Gasteiger partial charge < -0.3 is 26.6 Å². The molecule has 3 aromatic carbocycles. The van der Waals surface area contributed by atoms with Gasteiger partial charge in [0.1, 0.15) is 0 Å². The summed E-state index contributed by atoms with van der Waals surface area (Å²) in [6.07, 6.45) is 0.348. The number of nitrogen functional groups attached to an aromatic ring is 1. The molecule has 6 N–H and O–H groups in total. The average molecular weight is 431 g/mol. The number of hydrogen-bond acceptors (Lipinski definition) is 6. The van der Waals surface area contributed by atoms with Crippen LogP contribution in [0.3, 0.4) is 0 Å². The van der Waals surface area contributed by atoms with E-state index in [9.17, 15) is 14.7 Å². The van der Waals surface area contributed by atoms with E-state index >= 15 is 0 Å². The molecule has 0 saturated carbocycles. The zero-order valence-corrected chi connectivity index (χ0v) is 17.5. The Balaban J connectivity index is 1.58. The summed E-state index contributed by atoms with van der Waals surface area (Å²) in [5.74, 6) is -0.527. The van der Waals surface area contributed by atoms with Crippen LogP contribution in [-0.2, 0) is 12.8 Å². The van der Waals surface area contributed by atoms with Crippen LogP contribution in [0.15, 0.2) is 60.7 Å². The van der Waals surface area contributed by atoms with Gasteiger partial charge in [0.05, 0.1) is 24.1 Å². The fourth-order valence-electron chi connectivity index (χ4n) is 3.80. The maximum atomic E-state index is 13.3. The van der Waals surface area contributed by atoms with Crippen LogP contribution in [-0.4, -0.2) is 41.2 Å². The summed E-state index contributed by atoms with van der Waals surface area (Å²) in [7, 11) is 0. The Labute approximate surface area is 185 Å². The van der Waals surface area contributed by atoms with Gasteiger partial charge in [0.25, 0.3) is 5.91 Å². The summed E-state index contributed by atoms with van der Waals surface area (Å²) in [5, 5.41) is 24.2. The van der Waals surface area contributed by atoms with E-state index in [1.165, 1.54) is 0 Å². The summed E-state index contributed by atoms with van der Waals surface area (Å²) in [6.45, 7) is -0.502. The highest BCUT2D eigenvalue weighted by Crippen LogP contribution is 2.29. The number of aliphatic hydroxyl groups excluding tert-OH is 2. The number of para-hydroxylation sites is 2. The summed E-state index contributed by atoms with van der Waals surface area (Å²) in [6, 6.07) is 18.2. The summed E-state index contributed by atoms with van der Waals surface area (Å²) in [4.78, 5) is 25.7. The van der Waals surface area contributed by atoms with Crippen molar-refractivity contribution in [3.05, 3.63) is 88.5 Å². The minimum absolute atomic E-state index is 0.0646. The lowest BCUT2D eigenvalue weighted by Gasteiger charge is -2.12. The third kappa shape index (κ3) is 4.49. The number of amides is 1. The van der Waals surface area contributed by atoms with E-state index in [4.69, 9.17) is 10.8 Å². The molecule has 0 heterocycles. The summed E-state index contributed by atoms with van der Waals surface area (Å²) >= 11 is 0. The van der Waals surface area contributed by atoms with Crippen LogP contribution >= 0.6 is 0 Å². The van der Waals surface area contributed by atoms with E-state index in [1.54, 1.807) is 24.3 Å². The predicted molar refractivity (Wildman–Crippen MR) is 123 cm³/mol. The SMILES string of the molecule is Nc1ccccc1Nc1ccc2c(c1)CCc1ccc(C(=O)NCC(O)CO)cc1C2=O. The van der Waals surface area contributed by atoms with E-state index < -0.39 is 18.6 Å². The summed E-state index contributed by atoms with van der Waals surface area (Å²) < 4.78 is 0. The minimum atomic E-state index is -1.03. The van der Waals surface area contributed by atoms with Crippen LogP contribution in [0.1, 0.15) is 37.4 Å². The molecule has 3 aromatic rings. The van der Waals surface area contributed by atoms with Crippen LogP contribution in [0, 0.1) is 0 Å². The topological polar surface area (TPSA) is 125 Å². The van der Waals surface area contributed by atoms with Gasteiger partial charge in [-0.2, -0.15) is 0 Å². The van der Waals surface area contributed by atoms with Crippen molar-refractivity contribution < 1.29 is 19.8 Å². The molecule has 1 aliphatic carbocycles. The number of aryl methyl sites for hydroxylation is 2. The fraction of sp³-hybridized carbons (Fsp3) is 0.200. The maximum absolute atomic E-state index is 13.3. The Bertz CT molecular complexity index is 1180. The van der Waals surface area contributed by atoms with E-state index in [-0.39, 0.29) is 12.3 Å². The Morgan fingerprint density at radius 3 is 2.56 bits per heavy atom. The van der Waals surface area contributed by atoms with Crippen LogP contribution in [0.4, 0.5) is 17.1 Å². The van der Waals surface area contributed by atoms with Crippen molar-refractivity contribution >= 4 is 28.8 Å². The monoisotopic (exact) mass is 431 g/mol. The second kappa shape index (κ2) is 9.21. The van der Waals surface area contributed by atoms with Gasteiger partial charge >= 0.3 is 0 Å². The Hall–Kier alpha value is -3.68. The molecule has 0 saturated heterocycles. The fourth-order valence-corrected chi connectivity index (χ4v) is 3.80. The summed E-state index contributed by atoms with van der Waals surface area (Å²) in [5.41, 5.74) is 11.6. The van der Waals surface area contributed by atoms with Gasteiger partial charge in [0.2, 0.25) is 0 Å². The van der Waals surface area contributed by atoms with Gasteiger partial charge in [-0.25, -0.2) is 0 Å². The van der Waals surface area contributed by atoms with Crippen molar-refractivity contribution in [1.82, 2.24) is 5.32 Å². The van der Waals surface area contributed by atoms with Gasteiger partial charge in [-0.15, -0.1) is 0 Å². The zero-order valence-electron chi connectivity index (χ0n) is 17.5. The number of ketones is 1. The van der Waals surface area contributed by atoms with Gasteiger partial charge in [-0.05, 0) is 66.4 Å². The largest absolute Gasteiger partial charge is 0.397 e. The Morgan fingerprint density at radius 2 is 1.78 bits per heavy atom. The molecule has 4 rings (SSSR count). The molecule has 1 amide bonds. The Morgan fingerprint density at radius 1 is 1.00 bits per heavy atom. The van der Waals surface area contributed by atoms with Crippen molar-refractivity contribution in [2.24, 2.45) is 0 Å². The number of rotatable bonds is 6. The van der Waals surface area contributed by atoms with Crippen molar-refractivity contribution in [2.45, 2.75) is 18.9 Å². The molecule has 7 nitrogen and oxygen atoms in total. The number of carbonyl (C=O) groups excluding carboxylic acids is 2. The van der Waals surface area contributed by atoms with E-state index in [1.807, 2.05) is 36.4 Å². The number of hydrogen-bond donors (Lipinski definition) is 5. The molecule has 32 heavy (non-hydrogen) atoms. The highest BCUT2D eigenvalue weighted by atomic mass is 16.3. The first-order valence-electron chi connectivity index (χ1n) is 10.5. The molecule has 0 bridgehead atoms. The van der Waals surface area contributed by atoms with Crippen molar-refractivity contribution in [2.75, 3.05) is 24.2 Å². The number of anilines is 3. The van der Waals surface area contributed by atoms with E-state index in [0.29, 0.717) is 35.2 Å². The Kier molecular flexibility index (Phi) is 6.20. The highest BCUT2D eigenvalue weighted by molar-refractivity contribution is 6.12. The average Bonchev–Trinajstić information content (AvgIpc) is 2.95. The number of nitrogens with one attached hydrogen (secondary N) is 2. The van der Waals surface area contributed by atoms with Gasteiger partial charge in [0, 0.05) is 28.9 Å². The van der Waals surface area contributed by atoms with E-state index in [2.05, 4.69) is 10.6 Å². The van der Waals surface area contributed by atoms with Crippen LogP contribution in [0.25, 0.3) is 0 Å². The number of fused-ring (bicyclic) bond motifs is 2. The van der Waals surface area contributed by atoms with Crippen molar-refractivity contribution in [1.29, 1.82) is 0 Å². The molecule has 0 aliphatic heterocycles. The number of nitrogens with two attached hydrogens (primary N) is 1. The van der Waals surface area contributed by atoms with Gasteiger partial charge in [-0.3, -0.25) is 9.59 Å². The minimum Gasteiger partial charge on any atom is -0.397 e. The molecule has 0 aromatic heterocycles. The molecule has 0 fully saturated rings. The van der Waals surface area contributed by atoms with Gasteiger partial charge in [-0.1, -0.05) is 18.2 Å². The predicted octanol–water partition coefficient (Wildman–Crippen LogP) is 2.42. The van der Waals surface area contributed by atoms with Crippen molar-refractivity contribution in [3.63, 3.8) is 0 Å². The molecule has 164 valence electrons.